The van der Waals surface area contributed by atoms with Crippen LogP contribution in [0, 0.1) is 17.8 Å². The molecular formula is C15H28N2. The minimum absolute atomic E-state index is 0.424. The predicted octanol–water partition coefficient (Wildman–Crippen LogP) is 2.62. The van der Waals surface area contributed by atoms with E-state index in [0.29, 0.717) is 12.1 Å². The Balaban J connectivity index is 1.69. The fourth-order valence-corrected chi connectivity index (χ4v) is 3.99. The van der Waals surface area contributed by atoms with E-state index in [2.05, 4.69) is 18.7 Å². The summed E-state index contributed by atoms with van der Waals surface area (Å²) in [6.45, 7) is 6.15. The van der Waals surface area contributed by atoms with Crippen LogP contribution in [0.15, 0.2) is 0 Å². The van der Waals surface area contributed by atoms with Crippen LogP contribution in [0.1, 0.15) is 52.4 Å². The Kier molecular flexibility index (Phi) is 3.20. The van der Waals surface area contributed by atoms with Crippen molar-refractivity contribution in [2.24, 2.45) is 23.5 Å². The molecule has 0 amide bonds. The van der Waals surface area contributed by atoms with Crippen LogP contribution >= 0.6 is 0 Å². The third-order valence-electron chi connectivity index (χ3n) is 5.04. The second-order valence-electron chi connectivity index (χ2n) is 7.08. The number of hydrogen-bond donors (Lipinski definition) is 1. The number of hydrogen-bond acceptors (Lipinski definition) is 2. The number of nitrogens with zero attached hydrogens (tertiary/aromatic N) is 1. The van der Waals surface area contributed by atoms with Crippen molar-refractivity contribution in [1.29, 1.82) is 0 Å². The quantitative estimate of drug-likeness (QED) is 0.813. The molecule has 2 nitrogen and oxygen atoms in total. The van der Waals surface area contributed by atoms with Gasteiger partial charge in [0.25, 0.3) is 0 Å². The van der Waals surface area contributed by atoms with E-state index in [1.807, 2.05) is 0 Å². The van der Waals surface area contributed by atoms with Gasteiger partial charge < -0.3 is 5.73 Å². The summed E-state index contributed by atoms with van der Waals surface area (Å²) >= 11 is 0. The van der Waals surface area contributed by atoms with Crippen molar-refractivity contribution in [2.45, 2.75) is 70.5 Å². The Morgan fingerprint density at radius 3 is 2.29 bits per heavy atom. The number of rotatable bonds is 4. The van der Waals surface area contributed by atoms with Gasteiger partial charge in [-0.3, -0.25) is 4.90 Å². The van der Waals surface area contributed by atoms with E-state index in [1.165, 1.54) is 45.1 Å². The third kappa shape index (κ3) is 2.68. The SMILES string of the molecule is CC1CC(C)C(N(CC2CC2)C2CC2)C(N)C1. The summed E-state index contributed by atoms with van der Waals surface area (Å²) in [5, 5.41) is 0. The highest BCUT2D eigenvalue weighted by molar-refractivity contribution is 4.99. The van der Waals surface area contributed by atoms with E-state index in [0.717, 1.165) is 23.8 Å². The summed E-state index contributed by atoms with van der Waals surface area (Å²) < 4.78 is 0. The molecule has 0 radical (unpaired) electrons. The van der Waals surface area contributed by atoms with Crippen LogP contribution in [0.2, 0.25) is 0 Å². The van der Waals surface area contributed by atoms with Crippen LogP contribution in [-0.2, 0) is 0 Å². The average molecular weight is 236 g/mol. The fraction of sp³-hybridized carbons (Fsp3) is 1.00. The molecule has 17 heavy (non-hydrogen) atoms. The lowest BCUT2D eigenvalue weighted by molar-refractivity contribution is 0.0648. The standard InChI is InChI=1S/C15H28N2/c1-10-7-11(2)15(14(16)8-10)17(13-5-6-13)9-12-3-4-12/h10-15H,3-9,16H2,1-2H3. The highest BCUT2D eigenvalue weighted by Crippen LogP contribution is 2.40. The Labute approximate surface area is 106 Å². The van der Waals surface area contributed by atoms with Gasteiger partial charge in [0.15, 0.2) is 0 Å². The van der Waals surface area contributed by atoms with E-state index in [1.54, 1.807) is 0 Å². The molecule has 0 bridgehead atoms. The molecule has 0 saturated heterocycles. The fourth-order valence-electron chi connectivity index (χ4n) is 3.99. The number of nitrogens with two attached hydrogens (primary N) is 1. The van der Waals surface area contributed by atoms with E-state index in [4.69, 9.17) is 5.73 Å². The molecule has 0 aliphatic heterocycles. The molecule has 0 spiro atoms. The van der Waals surface area contributed by atoms with Crippen LogP contribution in [0.5, 0.6) is 0 Å². The van der Waals surface area contributed by atoms with E-state index in [-0.39, 0.29) is 0 Å². The Morgan fingerprint density at radius 1 is 1.06 bits per heavy atom. The van der Waals surface area contributed by atoms with Crippen LogP contribution in [0.3, 0.4) is 0 Å². The molecule has 3 aliphatic rings. The van der Waals surface area contributed by atoms with E-state index >= 15 is 0 Å². The normalized spacial score (nSPS) is 43.1. The van der Waals surface area contributed by atoms with Gasteiger partial charge in [0.2, 0.25) is 0 Å². The second kappa shape index (κ2) is 4.55. The van der Waals surface area contributed by atoms with Crippen molar-refractivity contribution in [3.05, 3.63) is 0 Å². The largest absolute Gasteiger partial charge is 0.326 e. The molecule has 3 saturated carbocycles. The van der Waals surface area contributed by atoms with Gasteiger partial charge in [-0.2, -0.15) is 0 Å². The van der Waals surface area contributed by atoms with Crippen LogP contribution in [0.25, 0.3) is 0 Å². The van der Waals surface area contributed by atoms with Gasteiger partial charge in [0.05, 0.1) is 0 Å². The topological polar surface area (TPSA) is 29.3 Å². The molecular weight excluding hydrogens is 208 g/mol. The first-order valence-electron chi connectivity index (χ1n) is 7.66. The molecule has 0 aromatic heterocycles. The second-order valence-corrected chi connectivity index (χ2v) is 7.08. The maximum atomic E-state index is 6.48. The molecule has 4 atom stereocenters. The van der Waals surface area contributed by atoms with Crippen molar-refractivity contribution in [2.75, 3.05) is 6.54 Å². The van der Waals surface area contributed by atoms with Crippen LogP contribution < -0.4 is 5.73 Å². The molecule has 4 unspecified atom stereocenters. The van der Waals surface area contributed by atoms with Crippen molar-refractivity contribution in [3.63, 3.8) is 0 Å². The van der Waals surface area contributed by atoms with Gasteiger partial charge in [-0.1, -0.05) is 13.8 Å². The van der Waals surface area contributed by atoms with Gasteiger partial charge in [-0.15, -0.1) is 0 Å². The van der Waals surface area contributed by atoms with Gasteiger partial charge in [0.1, 0.15) is 0 Å². The lowest BCUT2D eigenvalue weighted by Gasteiger charge is -2.45. The summed E-state index contributed by atoms with van der Waals surface area (Å²) in [5.74, 6) is 2.64. The molecule has 3 fully saturated rings. The summed E-state index contributed by atoms with van der Waals surface area (Å²) in [5.41, 5.74) is 6.48. The lowest BCUT2D eigenvalue weighted by Crippen LogP contribution is -2.56. The Hall–Kier alpha value is -0.0800. The molecule has 0 aromatic rings. The average Bonchev–Trinajstić information content (AvgIpc) is 3.11. The molecule has 2 N–H and O–H groups in total. The summed E-state index contributed by atoms with van der Waals surface area (Å²) in [4.78, 5) is 2.82. The van der Waals surface area contributed by atoms with Gasteiger partial charge in [-0.05, 0) is 56.3 Å². The monoisotopic (exact) mass is 236 g/mol. The van der Waals surface area contributed by atoms with Crippen LogP contribution in [0.4, 0.5) is 0 Å². The minimum Gasteiger partial charge on any atom is -0.326 e. The first-order valence-corrected chi connectivity index (χ1v) is 7.66. The molecule has 0 aromatic carbocycles. The zero-order valence-electron chi connectivity index (χ0n) is 11.4. The van der Waals surface area contributed by atoms with E-state index < -0.39 is 0 Å². The summed E-state index contributed by atoms with van der Waals surface area (Å²) in [6.07, 6.45) is 8.41. The first kappa shape index (κ1) is 12.0. The van der Waals surface area contributed by atoms with E-state index in [9.17, 15) is 0 Å². The maximum absolute atomic E-state index is 6.48. The van der Waals surface area contributed by atoms with Gasteiger partial charge >= 0.3 is 0 Å². The minimum atomic E-state index is 0.424. The smallest absolute Gasteiger partial charge is 0.0276 e. The van der Waals surface area contributed by atoms with Crippen molar-refractivity contribution >= 4 is 0 Å². The predicted molar refractivity (Wildman–Crippen MR) is 71.8 cm³/mol. The maximum Gasteiger partial charge on any atom is 0.0276 e. The Morgan fingerprint density at radius 2 is 1.76 bits per heavy atom. The highest BCUT2D eigenvalue weighted by Gasteiger charge is 2.43. The summed E-state index contributed by atoms with van der Waals surface area (Å²) in [7, 11) is 0. The molecule has 3 aliphatic carbocycles. The zero-order valence-corrected chi connectivity index (χ0v) is 11.4. The van der Waals surface area contributed by atoms with Crippen molar-refractivity contribution < 1.29 is 0 Å². The first-order chi connectivity index (χ1) is 8.15. The van der Waals surface area contributed by atoms with Crippen molar-refractivity contribution in [1.82, 2.24) is 4.90 Å². The lowest BCUT2D eigenvalue weighted by atomic mass is 9.76. The summed E-state index contributed by atoms with van der Waals surface area (Å²) in [6, 6.07) is 2.00. The molecule has 3 rings (SSSR count). The van der Waals surface area contributed by atoms with Gasteiger partial charge in [-0.25, -0.2) is 0 Å². The third-order valence-corrected chi connectivity index (χ3v) is 5.04. The van der Waals surface area contributed by atoms with Crippen LogP contribution in [-0.4, -0.2) is 29.6 Å². The Bertz CT molecular complexity index is 258. The molecule has 2 heteroatoms. The molecule has 0 heterocycles. The highest BCUT2D eigenvalue weighted by atomic mass is 15.2. The molecule has 98 valence electrons. The van der Waals surface area contributed by atoms with Gasteiger partial charge in [0, 0.05) is 24.7 Å². The zero-order chi connectivity index (χ0) is 12.0. The van der Waals surface area contributed by atoms with Crippen molar-refractivity contribution in [3.8, 4) is 0 Å².